The van der Waals surface area contributed by atoms with Crippen LogP contribution in [0.25, 0.3) is 0 Å². The maximum absolute atomic E-state index is 13.4. The number of hydrogen-bond acceptors (Lipinski definition) is 2. The summed E-state index contributed by atoms with van der Waals surface area (Å²) in [7, 11) is 1.48. The largest absolute Gasteiger partial charge is 0.494 e. The lowest BCUT2D eigenvalue weighted by atomic mass is 9.95. The summed E-state index contributed by atoms with van der Waals surface area (Å²) in [6.45, 7) is 0. The van der Waals surface area contributed by atoms with Gasteiger partial charge in [-0.25, -0.2) is 4.39 Å². The summed E-state index contributed by atoms with van der Waals surface area (Å²) >= 11 is 0. The van der Waals surface area contributed by atoms with E-state index in [1.165, 1.54) is 45.3 Å². The van der Waals surface area contributed by atoms with E-state index < -0.39 is 0 Å². The first kappa shape index (κ1) is 11.2. The summed E-state index contributed by atoms with van der Waals surface area (Å²) in [5.74, 6) is -0.00231. The number of halogens is 1. The van der Waals surface area contributed by atoms with Gasteiger partial charge in [0.05, 0.1) is 7.11 Å². The van der Waals surface area contributed by atoms with E-state index in [9.17, 15) is 4.39 Å². The normalized spacial score (nSPS) is 17.1. The van der Waals surface area contributed by atoms with Gasteiger partial charge >= 0.3 is 0 Å². The van der Waals surface area contributed by atoms with Crippen molar-refractivity contribution < 1.29 is 9.13 Å². The minimum Gasteiger partial charge on any atom is -0.494 e. The molecule has 2 rings (SSSR count). The van der Waals surface area contributed by atoms with Gasteiger partial charge in [-0.1, -0.05) is 19.3 Å². The molecule has 0 atom stereocenters. The highest BCUT2D eigenvalue weighted by atomic mass is 19.1. The van der Waals surface area contributed by atoms with Crippen molar-refractivity contribution in [1.82, 2.24) is 0 Å². The van der Waals surface area contributed by atoms with Gasteiger partial charge in [0, 0.05) is 17.8 Å². The van der Waals surface area contributed by atoms with Gasteiger partial charge in [0.1, 0.15) is 0 Å². The standard InChI is InChI=1S/C13H18FNO/c1-16-13-8-7-11(9-12(13)14)15-10-5-3-2-4-6-10/h7-10,15H,2-6H2,1H3. The lowest BCUT2D eigenvalue weighted by molar-refractivity contribution is 0.386. The maximum atomic E-state index is 13.4. The van der Waals surface area contributed by atoms with Crippen molar-refractivity contribution in [3.8, 4) is 5.75 Å². The summed E-state index contributed by atoms with van der Waals surface area (Å²) in [5, 5.41) is 3.38. The molecule has 1 aromatic rings. The third-order valence-corrected chi connectivity index (χ3v) is 3.13. The fraction of sp³-hybridized carbons (Fsp3) is 0.538. The van der Waals surface area contributed by atoms with E-state index in [-0.39, 0.29) is 5.82 Å². The molecule has 0 radical (unpaired) electrons. The number of rotatable bonds is 3. The van der Waals surface area contributed by atoms with Crippen LogP contribution in [0.1, 0.15) is 32.1 Å². The summed E-state index contributed by atoms with van der Waals surface area (Å²) in [6, 6.07) is 5.55. The monoisotopic (exact) mass is 223 g/mol. The molecule has 1 aliphatic carbocycles. The molecule has 1 aliphatic rings. The number of benzene rings is 1. The average molecular weight is 223 g/mol. The van der Waals surface area contributed by atoms with Gasteiger partial charge < -0.3 is 10.1 Å². The van der Waals surface area contributed by atoms with E-state index in [2.05, 4.69) is 5.32 Å². The van der Waals surface area contributed by atoms with Crippen molar-refractivity contribution in [2.24, 2.45) is 0 Å². The van der Waals surface area contributed by atoms with Crippen LogP contribution in [0, 0.1) is 5.82 Å². The van der Waals surface area contributed by atoms with E-state index in [1.807, 2.05) is 6.07 Å². The highest BCUT2D eigenvalue weighted by molar-refractivity contribution is 5.48. The second kappa shape index (κ2) is 5.19. The van der Waals surface area contributed by atoms with Crippen molar-refractivity contribution in [2.75, 3.05) is 12.4 Å². The van der Waals surface area contributed by atoms with Crippen LogP contribution in [0.15, 0.2) is 18.2 Å². The van der Waals surface area contributed by atoms with Gasteiger partial charge in [-0.3, -0.25) is 0 Å². The van der Waals surface area contributed by atoms with E-state index in [0.29, 0.717) is 11.8 Å². The van der Waals surface area contributed by atoms with Crippen LogP contribution >= 0.6 is 0 Å². The molecule has 0 amide bonds. The lowest BCUT2D eigenvalue weighted by Gasteiger charge is -2.23. The number of anilines is 1. The summed E-state index contributed by atoms with van der Waals surface area (Å²) in [5.41, 5.74) is 0.852. The van der Waals surface area contributed by atoms with Crippen LogP contribution in [0.5, 0.6) is 5.75 Å². The summed E-state index contributed by atoms with van der Waals surface area (Å²) in [4.78, 5) is 0. The third kappa shape index (κ3) is 2.65. The smallest absolute Gasteiger partial charge is 0.167 e. The van der Waals surface area contributed by atoms with E-state index in [4.69, 9.17) is 4.74 Å². The molecule has 1 aromatic carbocycles. The quantitative estimate of drug-likeness (QED) is 0.845. The Kier molecular flexibility index (Phi) is 3.65. The first-order chi connectivity index (χ1) is 7.79. The molecule has 1 saturated carbocycles. The SMILES string of the molecule is COc1ccc(NC2CCCCC2)cc1F. The van der Waals surface area contributed by atoms with Crippen molar-refractivity contribution in [2.45, 2.75) is 38.1 Å². The Balaban J connectivity index is 2.01. The minimum absolute atomic E-state index is 0.300. The Labute approximate surface area is 95.8 Å². The zero-order valence-electron chi connectivity index (χ0n) is 9.63. The second-order valence-corrected chi connectivity index (χ2v) is 4.33. The second-order valence-electron chi connectivity index (χ2n) is 4.33. The van der Waals surface area contributed by atoms with Crippen LogP contribution in [0.3, 0.4) is 0 Å². The maximum Gasteiger partial charge on any atom is 0.167 e. The Morgan fingerprint density at radius 2 is 2.00 bits per heavy atom. The molecule has 3 heteroatoms. The van der Waals surface area contributed by atoms with Gasteiger partial charge in [-0.05, 0) is 25.0 Å². The van der Waals surface area contributed by atoms with Crippen LogP contribution in [-0.2, 0) is 0 Å². The van der Waals surface area contributed by atoms with Gasteiger partial charge in [-0.15, -0.1) is 0 Å². The number of nitrogens with one attached hydrogen (secondary N) is 1. The molecule has 2 nitrogen and oxygen atoms in total. The molecule has 0 aliphatic heterocycles. The van der Waals surface area contributed by atoms with E-state index in [1.54, 1.807) is 6.07 Å². The summed E-state index contributed by atoms with van der Waals surface area (Å²) < 4.78 is 18.3. The molecule has 1 fully saturated rings. The van der Waals surface area contributed by atoms with Gasteiger partial charge in [0.25, 0.3) is 0 Å². The third-order valence-electron chi connectivity index (χ3n) is 3.13. The first-order valence-corrected chi connectivity index (χ1v) is 5.89. The van der Waals surface area contributed by atoms with Gasteiger partial charge in [0.15, 0.2) is 11.6 Å². The Hall–Kier alpha value is -1.25. The van der Waals surface area contributed by atoms with E-state index in [0.717, 1.165) is 5.69 Å². The van der Waals surface area contributed by atoms with Gasteiger partial charge in [-0.2, -0.15) is 0 Å². The predicted octanol–water partition coefficient (Wildman–Crippen LogP) is 3.58. The number of methoxy groups -OCH3 is 1. The molecule has 0 bridgehead atoms. The fourth-order valence-electron chi connectivity index (χ4n) is 2.24. The molecule has 88 valence electrons. The van der Waals surface area contributed by atoms with Crippen LogP contribution in [-0.4, -0.2) is 13.2 Å². The molecule has 0 spiro atoms. The summed E-state index contributed by atoms with van der Waals surface area (Å²) in [6.07, 6.45) is 6.25. The van der Waals surface area contributed by atoms with Crippen LogP contribution in [0.4, 0.5) is 10.1 Å². The number of ether oxygens (including phenoxy) is 1. The molecular formula is C13H18FNO. The molecule has 0 aromatic heterocycles. The molecule has 0 unspecified atom stereocenters. The zero-order chi connectivity index (χ0) is 11.4. The first-order valence-electron chi connectivity index (χ1n) is 5.89. The molecule has 0 saturated heterocycles. The topological polar surface area (TPSA) is 21.3 Å². The fourth-order valence-corrected chi connectivity index (χ4v) is 2.24. The van der Waals surface area contributed by atoms with Crippen molar-refractivity contribution >= 4 is 5.69 Å². The lowest BCUT2D eigenvalue weighted by Crippen LogP contribution is -2.22. The molecule has 0 heterocycles. The zero-order valence-corrected chi connectivity index (χ0v) is 9.63. The predicted molar refractivity (Wildman–Crippen MR) is 63.4 cm³/mol. The van der Waals surface area contributed by atoms with Crippen molar-refractivity contribution in [3.63, 3.8) is 0 Å². The Morgan fingerprint density at radius 1 is 1.25 bits per heavy atom. The Morgan fingerprint density at radius 3 is 2.62 bits per heavy atom. The van der Waals surface area contributed by atoms with Gasteiger partial charge in [0.2, 0.25) is 0 Å². The van der Waals surface area contributed by atoms with E-state index >= 15 is 0 Å². The molecule has 1 N–H and O–H groups in total. The average Bonchev–Trinajstić information content (AvgIpc) is 2.31. The van der Waals surface area contributed by atoms with Crippen molar-refractivity contribution in [3.05, 3.63) is 24.0 Å². The van der Waals surface area contributed by atoms with Crippen molar-refractivity contribution in [1.29, 1.82) is 0 Å². The molecule has 16 heavy (non-hydrogen) atoms. The highest BCUT2D eigenvalue weighted by Gasteiger charge is 2.13. The molecular weight excluding hydrogens is 205 g/mol. The highest BCUT2D eigenvalue weighted by Crippen LogP contribution is 2.24. The Bertz CT molecular complexity index is 348. The number of hydrogen-bond donors (Lipinski definition) is 1. The van der Waals surface area contributed by atoms with Crippen LogP contribution < -0.4 is 10.1 Å². The van der Waals surface area contributed by atoms with Crippen LogP contribution in [0.2, 0.25) is 0 Å². The minimum atomic E-state index is -0.302.